The zero-order chi connectivity index (χ0) is 15.1. The van der Waals surface area contributed by atoms with Crippen LogP contribution in [-0.2, 0) is 17.7 Å². The summed E-state index contributed by atoms with van der Waals surface area (Å²) in [6, 6.07) is 0. The summed E-state index contributed by atoms with van der Waals surface area (Å²) in [6.07, 6.45) is 4.94. The molecular formula is C16H29N3OS. The van der Waals surface area contributed by atoms with Gasteiger partial charge in [0.1, 0.15) is 0 Å². The summed E-state index contributed by atoms with van der Waals surface area (Å²) in [4.78, 5) is 8.44. The summed E-state index contributed by atoms with van der Waals surface area (Å²) in [5, 5.41) is 4.54. The largest absolute Gasteiger partial charge is 0.379 e. The Morgan fingerprint density at radius 1 is 1.38 bits per heavy atom. The SMILES string of the molecule is CCCc1nc(N(C)CCOCC2CC2)sc1CNCC. The molecule has 21 heavy (non-hydrogen) atoms. The smallest absolute Gasteiger partial charge is 0.185 e. The lowest BCUT2D eigenvalue weighted by Gasteiger charge is -2.15. The molecular weight excluding hydrogens is 282 g/mol. The average molecular weight is 311 g/mol. The number of thiazole rings is 1. The molecule has 1 N–H and O–H groups in total. The first-order valence-electron chi connectivity index (χ1n) is 8.22. The lowest BCUT2D eigenvalue weighted by molar-refractivity contribution is 0.131. The summed E-state index contributed by atoms with van der Waals surface area (Å²) in [7, 11) is 2.12. The van der Waals surface area contributed by atoms with E-state index in [-0.39, 0.29) is 0 Å². The van der Waals surface area contributed by atoms with Crippen LogP contribution < -0.4 is 10.2 Å². The highest BCUT2D eigenvalue weighted by Gasteiger charge is 2.21. The molecule has 4 nitrogen and oxygen atoms in total. The zero-order valence-corrected chi connectivity index (χ0v) is 14.5. The highest BCUT2D eigenvalue weighted by Crippen LogP contribution is 2.29. The monoisotopic (exact) mass is 311 g/mol. The highest BCUT2D eigenvalue weighted by molar-refractivity contribution is 7.15. The van der Waals surface area contributed by atoms with Gasteiger partial charge in [0.2, 0.25) is 0 Å². The Hall–Kier alpha value is -0.650. The van der Waals surface area contributed by atoms with E-state index >= 15 is 0 Å². The molecule has 1 saturated carbocycles. The molecule has 0 bridgehead atoms. The third kappa shape index (κ3) is 5.57. The molecule has 0 atom stereocenters. The highest BCUT2D eigenvalue weighted by atomic mass is 32.1. The molecule has 0 amide bonds. The van der Waals surface area contributed by atoms with E-state index in [9.17, 15) is 0 Å². The van der Waals surface area contributed by atoms with Crippen molar-refractivity contribution >= 4 is 16.5 Å². The molecule has 5 heteroatoms. The number of aryl methyl sites for hydroxylation is 1. The molecule has 1 aliphatic carbocycles. The first kappa shape index (κ1) is 16.7. The maximum Gasteiger partial charge on any atom is 0.185 e. The Morgan fingerprint density at radius 3 is 2.86 bits per heavy atom. The minimum atomic E-state index is 0.804. The first-order valence-corrected chi connectivity index (χ1v) is 9.04. The molecule has 0 saturated heterocycles. The second-order valence-electron chi connectivity index (χ2n) is 5.84. The minimum absolute atomic E-state index is 0.804. The van der Waals surface area contributed by atoms with Gasteiger partial charge in [0, 0.05) is 31.6 Å². The van der Waals surface area contributed by atoms with Crippen LogP contribution in [0.25, 0.3) is 0 Å². The van der Waals surface area contributed by atoms with Gasteiger partial charge in [-0.05, 0) is 31.7 Å². The summed E-state index contributed by atoms with van der Waals surface area (Å²) in [5.41, 5.74) is 1.27. The van der Waals surface area contributed by atoms with Crippen molar-refractivity contribution in [1.29, 1.82) is 0 Å². The molecule has 2 rings (SSSR count). The Labute approximate surface area is 132 Å². The molecule has 1 aliphatic rings. The molecule has 120 valence electrons. The average Bonchev–Trinajstić information content (AvgIpc) is 3.22. The fraction of sp³-hybridized carbons (Fsp3) is 0.812. The van der Waals surface area contributed by atoms with Crippen LogP contribution in [0.2, 0.25) is 0 Å². The predicted octanol–water partition coefficient (Wildman–Crippen LogP) is 3.07. The molecule has 1 heterocycles. The number of rotatable bonds is 11. The summed E-state index contributed by atoms with van der Waals surface area (Å²) >= 11 is 1.82. The van der Waals surface area contributed by atoms with Crippen molar-refractivity contribution in [3.63, 3.8) is 0 Å². The van der Waals surface area contributed by atoms with Crippen molar-refractivity contribution in [3.8, 4) is 0 Å². The van der Waals surface area contributed by atoms with E-state index < -0.39 is 0 Å². The summed E-state index contributed by atoms with van der Waals surface area (Å²) in [5.74, 6) is 0.845. The molecule has 1 aromatic heterocycles. The number of hydrogen-bond acceptors (Lipinski definition) is 5. The van der Waals surface area contributed by atoms with Crippen LogP contribution in [0.1, 0.15) is 43.7 Å². The van der Waals surface area contributed by atoms with Crippen molar-refractivity contribution in [2.24, 2.45) is 5.92 Å². The number of aromatic nitrogens is 1. The molecule has 0 unspecified atom stereocenters. The Bertz CT molecular complexity index is 418. The standard InChI is InChI=1S/C16H29N3OS/c1-4-6-14-15(11-17-5-2)21-16(18-14)19(3)9-10-20-12-13-7-8-13/h13,17H,4-12H2,1-3H3. The van der Waals surface area contributed by atoms with Gasteiger partial charge in [-0.25, -0.2) is 4.98 Å². The second kappa shape index (κ2) is 8.71. The molecule has 0 aromatic carbocycles. The first-order chi connectivity index (χ1) is 10.2. The minimum Gasteiger partial charge on any atom is -0.379 e. The number of ether oxygens (including phenoxy) is 1. The van der Waals surface area contributed by atoms with Crippen molar-refractivity contribution < 1.29 is 4.74 Å². The lowest BCUT2D eigenvalue weighted by atomic mass is 10.2. The maximum absolute atomic E-state index is 5.72. The van der Waals surface area contributed by atoms with Crippen molar-refractivity contribution in [3.05, 3.63) is 10.6 Å². The lowest BCUT2D eigenvalue weighted by Crippen LogP contribution is -2.22. The van der Waals surface area contributed by atoms with Gasteiger partial charge in [-0.15, -0.1) is 11.3 Å². The van der Waals surface area contributed by atoms with Gasteiger partial charge in [-0.2, -0.15) is 0 Å². The maximum atomic E-state index is 5.72. The summed E-state index contributed by atoms with van der Waals surface area (Å²) in [6.45, 7) is 8.97. The molecule has 1 fully saturated rings. The van der Waals surface area contributed by atoms with Crippen molar-refractivity contribution in [2.75, 3.05) is 38.3 Å². The summed E-state index contributed by atoms with van der Waals surface area (Å²) < 4.78 is 5.72. The quantitative estimate of drug-likeness (QED) is 0.637. The van der Waals surface area contributed by atoms with Crippen molar-refractivity contribution in [1.82, 2.24) is 10.3 Å². The Balaban J connectivity index is 1.83. The fourth-order valence-corrected chi connectivity index (χ4v) is 3.24. The molecule has 0 aliphatic heterocycles. The van der Waals surface area contributed by atoms with Gasteiger partial charge in [0.15, 0.2) is 5.13 Å². The second-order valence-corrected chi connectivity index (χ2v) is 6.90. The van der Waals surface area contributed by atoms with Gasteiger partial charge in [-0.1, -0.05) is 20.3 Å². The number of likely N-dealkylation sites (N-methyl/N-ethyl adjacent to an activating group) is 1. The van der Waals surface area contributed by atoms with E-state index in [1.807, 2.05) is 11.3 Å². The number of nitrogens with zero attached hydrogens (tertiary/aromatic N) is 2. The van der Waals surface area contributed by atoms with E-state index in [2.05, 4.69) is 31.1 Å². The van der Waals surface area contributed by atoms with Crippen LogP contribution in [0.4, 0.5) is 5.13 Å². The Morgan fingerprint density at radius 2 is 2.19 bits per heavy atom. The third-order valence-corrected chi connectivity index (χ3v) is 4.95. The Kier molecular flexibility index (Phi) is 6.93. The van der Waals surface area contributed by atoms with Crippen LogP contribution in [0.5, 0.6) is 0 Å². The predicted molar refractivity (Wildman–Crippen MR) is 90.3 cm³/mol. The number of nitrogens with one attached hydrogen (secondary N) is 1. The van der Waals surface area contributed by atoms with E-state index in [1.54, 1.807) is 0 Å². The van der Waals surface area contributed by atoms with E-state index in [1.165, 1.54) is 23.4 Å². The van der Waals surface area contributed by atoms with Crippen LogP contribution in [0.15, 0.2) is 0 Å². The van der Waals surface area contributed by atoms with Crippen LogP contribution >= 0.6 is 11.3 Å². The van der Waals surface area contributed by atoms with Gasteiger partial charge in [0.25, 0.3) is 0 Å². The van der Waals surface area contributed by atoms with E-state index in [0.29, 0.717) is 0 Å². The van der Waals surface area contributed by atoms with E-state index in [0.717, 1.165) is 56.7 Å². The number of hydrogen-bond donors (Lipinski definition) is 1. The van der Waals surface area contributed by atoms with E-state index in [4.69, 9.17) is 9.72 Å². The van der Waals surface area contributed by atoms with Gasteiger partial charge in [-0.3, -0.25) is 0 Å². The normalized spacial score (nSPS) is 14.6. The van der Waals surface area contributed by atoms with Crippen molar-refractivity contribution in [2.45, 2.75) is 46.1 Å². The molecule has 0 spiro atoms. The molecule has 1 aromatic rings. The fourth-order valence-electron chi connectivity index (χ4n) is 2.17. The van der Waals surface area contributed by atoms with Gasteiger partial charge < -0.3 is 15.0 Å². The van der Waals surface area contributed by atoms with Crippen LogP contribution in [0.3, 0.4) is 0 Å². The third-order valence-electron chi connectivity index (χ3n) is 3.74. The van der Waals surface area contributed by atoms with Gasteiger partial charge >= 0.3 is 0 Å². The van der Waals surface area contributed by atoms with Crippen LogP contribution in [0, 0.1) is 5.92 Å². The number of anilines is 1. The topological polar surface area (TPSA) is 37.4 Å². The molecule has 0 radical (unpaired) electrons. The van der Waals surface area contributed by atoms with Crippen LogP contribution in [-0.4, -0.2) is 38.3 Å². The van der Waals surface area contributed by atoms with Gasteiger partial charge in [0.05, 0.1) is 12.3 Å². The zero-order valence-electron chi connectivity index (χ0n) is 13.7.